The second kappa shape index (κ2) is 15.6. The van der Waals surface area contributed by atoms with Crippen molar-refractivity contribution in [3.63, 3.8) is 0 Å². The van der Waals surface area contributed by atoms with Gasteiger partial charge in [0, 0.05) is 29.0 Å². The molecule has 1 aromatic heterocycles. The normalized spacial score (nSPS) is 12.3. The summed E-state index contributed by atoms with van der Waals surface area (Å²) in [7, 11) is 0. The van der Waals surface area contributed by atoms with E-state index in [2.05, 4.69) is 134 Å². The van der Waals surface area contributed by atoms with Crippen LogP contribution < -0.4 is 5.73 Å². The molecule has 49 heavy (non-hydrogen) atoms. The minimum absolute atomic E-state index is 0.159. The van der Waals surface area contributed by atoms with E-state index in [4.69, 9.17) is 10.2 Å². The Kier molecular flexibility index (Phi) is 10.7. The molecule has 0 spiro atoms. The third-order valence-electron chi connectivity index (χ3n) is 8.91. The summed E-state index contributed by atoms with van der Waals surface area (Å²) in [4.78, 5) is 0. The molecule has 1 aliphatic carbocycles. The van der Waals surface area contributed by atoms with Crippen LogP contribution in [-0.2, 0) is 6.42 Å². The van der Waals surface area contributed by atoms with E-state index in [1.165, 1.54) is 61.0 Å². The molecular formula is C47H45NO. The van der Waals surface area contributed by atoms with Crippen LogP contribution in [0.1, 0.15) is 55.7 Å². The lowest BCUT2D eigenvalue weighted by atomic mass is 9.90. The third kappa shape index (κ3) is 7.51. The van der Waals surface area contributed by atoms with Crippen LogP contribution in [0.25, 0.3) is 61.6 Å². The molecule has 7 aromatic rings. The molecule has 6 aromatic carbocycles. The first kappa shape index (κ1) is 33.5. The Hall–Kier alpha value is -5.44. The zero-order chi connectivity index (χ0) is 34.2. The van der Waals surface area contributed by atoms with Crippen molar-refractivity contribution < 1.29 is 4.42 Å². The summed E-state index contributed by atoms with van der Waals surface area (Å²) in [5.74, 6) is 1.09. The lowest BCUT2D eigenvalue weighted by molar-refractivity contribution is 0.547. The maximum absolute atomic E-state index is 6.61. The van der Waals surface area contributed by atoms with Gasteiger partial charge >= 0.3 is 0 Å². The second-order valence-electron chi connectivity index (χ2n) is 12.3. The fraction of sp³-hybridized carbons (Fsp3) is 0.149. The first-order valence-corrected chi connectivity index (χ1v) is 17.4. The number of hydrogen-bond donors (Lipinski definition) is 1. The highest BCUT2D eigenvalue weighted by molar-refractivity contribution is 6.07. The Morgan fingerprint density at radius 1 is 0.571 bits per heavy atom. The van der Waals surface area contributed by atoms with E-state index in [0.29, 0.717) is 0 Å². The highest BCUT2D eigenvalue weighted by Gasteiger charge is 2.21. The minimum Gasteiger partial charge on any atom is -0.460 e. The standard InChI is InChI=1S/C37H28O.C8H11N.C2H6/c1-25-10-7-16-30(22-25)33-21-20-32(36-34-18-5-6-19-35(34)38-37(33)36)31-17-9-15-29(24-31)28-14-8-13-27(23-28)26-11-3-2-4-12-26;1-7(9)8-5-3-2-4-6-8;1-2/h2-5,7-18,20-24H,6,19H2,1H3;2-7H,9H2,1H3;1-2H3. The summed E-state index contributed by atoms with van der Waals surface area (Å²) in [5, 5.41) is 1.21. The Morgan fingerprint density at radius 2 is 1.10 bits per heavy atom. The van der Waals surface area contributed by atoms with E-state index in [1.807, 2.05) is 51.1 Å². The highest BCUT2D eigenvalue weighted by Crippen LogP contribution is 2.43. The predicted molar refractivity (Wildman–Crippen MR) is 210 cm³/mol. The van der Waals surface area contributed by atoms with Crippen LogP contribution in [0, 0.1) is 6.92 Å². The summed E-state index contributed by atoms with van der Waals surface area (Å²) in [6, 6.07) is 51.7. The smallest absolute Gasteiger partial charge is 0.143 e. The van der Waals surface area contributed by atoms with Gasteiger partial charge in [-0.1, -0.05) is 159 Å². The lowest BCUT2D eigenvalue weighted by Crippen LogP contribution is -2.03. The van der Waals surface area contributed by atoms with E-state index in [9.17, 15) is 0 Å². The molecule has 0 aliphatic heterocycles. The van der Waals surface area contributed by atoms with Crippen LogP contribution in [-0.4, -0.2) is 0 Å². The minimum atomic E-state index is 0.159. The van der Waals surface area contributed by atoms with Crippen LogP contribution in [0.5, 0.6) is 0 Å². The molecule has 2 N–H and O–H groups in total. The van der Waals surface area contributed by atoms with Crippen molar-refractivity contribution in [2.75, 3.05) is 0 Å². The van der Waals surface area contributed by atoms with Crippen LogP contribution in [0.3, 0.4) is 0 Å². The Balaban J connectivity index is 0.000000328. The molecule has 0 fully saturated rings. The molecule has 1 heterocycles. The number of benzene rings is 6. The number of allylic oxidation sites excluding steroid dienone is 1. The average molecular weight is 640 g/mol. The first-order valence-electron chi connectivity index (χ1n) is 17.4. The molecule has 0 saturated heterocycles. The molecule has 1 unspecified atom stereocenters. The zero-order valence-corrected chi connectivity index (χ0v) is 29.0. The fourth-order valence-corrected chi connectivity index (χ4v) is 6.46. The molecule has 2 nitrogen and oxygen atoms in total. The number of furan rings is 1. The molecule has 244 valence electrons. The number of rotatable bonds is 5. The number of fused-ring (bicyclic) bond motifs is 3. The van der Waals surface area contributed by atoms with Gasteiger partial charge in [0.2, 0.25) is 0 Å². The van der Waals surface area contributed by atoms with Crippen molar-refractivity contribution in [1.29, 1.82) is 0 Å². The Morgan fingerprint density at radius 3 is 1.73 bits per heavy atom. The van der Waals surface area contributed by atoms with Gasteiger partial charge in [0.25, 0.3) is 0 Å². The van der Waals surface area contributed by atoms with Gasteiger partial charge in [0.05, 0.1) is 0 Å². The molecule has 0 amide bonds. The van der Waals surface area contributed by atoms with E-state index in [0.717, 1.165) is 29.7 Å². The summed E-state index contributed by atoms with van der Waals surface area (Å²) in [6.07, 6.45) is 6.49. The van der Waals surface area contributed by atoms with Crippen molar-refractivity contribution in [1.82, 2.24) is 0 Å². The number of hydrogen-bond acceptors (Lipinski definition) is 2. The summed E-state index contributed by atoms with van der Waals surface area (Å²) in [5.41, 5.74) is 19.9. The van der Waals surface area contributed by atoms with Gasteiger partial charge < -0.3 is 10.2 Å². The van der Waals surface area contributed by atoms with Crippen molar-refractivity contribution >= 4 is 17.0 Å². The van der Waals surface area contributed by atoms with Crippen LogP contribution in [0.2, 0.25) is 0 Å². The number of aryl methyl sites for hydroxylation is 2. The maximum Gasteiger partial charge on any atom is 0.143 e. The van der Waals surface area contributed by atoms with Gasteiger partial charge in [0.1, 0.15) is 11.3 Å². The molecule has 1 aliphatic rings. The second-order valence-corrected chi connectivity index (χ2v) is 12.3. The highest BCUT2D eigenvalue weighted by atomic mass is 16.3. The van der Waals surface area contributed by atoms with Crippen molar-refractivity contribution in [3.05, 3.63) is 174 Å². The van der Waals surface area contributed by atoms with Gasteiger partial charge in [-0.25, -0.2) is 0 Å². The summed E-state index contributed by atoms with van der Waals surface area (Å²) in [6.45, 7) is 8.12. The fourth-order valence-electron chi connectivity index (χ4n) is 6.46. The van der Waals surface area contributed by atoms with Crippen molar-refractivity contribution in [2.24, 2.45) is 5.73 Å². The van der Waals surface area contributed by atoms with E-state index >= 15 is 0 Å². The molecule has 0 radical (unpaired) electrons. The Labute approximate surface area is 291 Å². The SMILES string of the molecule is CC.CC(N)c1ccccc1.Cc1cccc(-c2ccc(-c3cccc(-c4cccc(-c5ccccc5)c4)c3)c3c4c(oc23)CCC=C4)c1. The van der Waals surface area contributed by atoms with Gasteiger partial charge in [0.15, 0.2) is 0 Å². The monoisotopic (exact) mass is 639 g/mol. The van der Waals surface area contributed by atoms with Gasteiger partial charge in [-0.05, 0) is 83.0 Å². The van der Waals surface area contributed by atoms with E-state index < -0.39 is 0 Å². The zero-order valence-electron chi connectivity index (χ0n) is 29.0. The molecule has 0 bridgehead atoms. The third-order valence-corrected chi connectivity index (χ3v) is 8.91. The van der Waals surface area contributed by atoms with Crippen molar-refractivity contribution in [3.8, 4) is 44.5 Å². The molecule has 0 saturated carbocycles. The predicted octanol–water partition coefficient (Wildman–Crippen LogP) is 13.1. The Bertz CT molecular complexity index is 2170. The summed E-state index contributed by atoms with van der Waals surface area (Å²) >= 11 is 0. The molecule has 8 rings (SSSR count). The van der Waals surface area contributed by atoms with Gasteiger partial charge in [-0.15, -0.1) is 0 Å². The quantitative estimate of drug-likeness (QED) is 0.203. The van der Waals surface area contributed by atoms with E-state index in [1.54, 1.807) is 0 Å². The maximum atomic E-state index is 6.61. The topological polar surface area (TPSA) is 39.2 Å². The van der Waals surface area contributed by atoms with Crippen LogP contribution in [0.4, 0.5) is 0 Å². The van der Waals surface area contributed by atoms with Crippen molar-refractivity contribution in [2.45, 2.75) is 46.6 Å². The van der Waals surface area contributed by atoms with Crippen LogP contribution in [0.15, 0.2) is 156 Å². The molecular weight excluding hydrogens is 595 g/mol. The lowest BCUT2D eigenvalue weighted by Gasteiger charge is -2.12. The van der Waals surface area contributed by atoms with E-state index in [-0.39, 0.29) is 6.04 Å². The molecule has 2 heteroatoms. The average Bonchev–Trinajstić information content (AvgIpc) is 3.56. The van der Waals surface area contributed by atoms with Gasteiger partial charge in [-0.3, -0.25) is 0 Å². The van der Waals surface area contributed by atoms with Crippen LogP contribution >= 0.6 is 0 Å². The largest absolute Gasteiger partial charge is 0.460 e. The molecule has 1 atom stereocenters. The first-order chi connectivity index (χ1) is 24.0. The summed E-state index contributed by atoms with van der Waals surface area (Å²) < 4.78 is 6.61. The number of nitrogens with two attached hydrogens (primary N) is 1. The van der Waals surface area contributed by atoms with Gasteiger partial charge in [-0.2, -0.15) is 0 Å².